The van der Waals surface area contributed by atoms with Crippen LogP contribution in [-0.2, 0) is 11.3 Å². The van der Waals surface area contributed by atoms with Crippen molar-refractivity contribution in [1.29, 1.82) is 0 Å². The van der Waals surface area contributed by atoms with Crippen LogP contribution in [0.25, 0.3) is 33.1 Å². The number of hydrogen-bond donors (Lipinski definition) is 1. The van der Waals surface area contributed by atoms with Crippen molar-refractivity contribution in [3.05, 3.63) is 53.0 Å². The van der Waals surface area contributed by atoms with Crippen molar-refractivity contribution in [3.63, 3.8) is 0 Å². The van der Waals surface area contributed by atoms with Crippen LogP contribution in [0, 0.1) is 6.92 Å². The minimum atomic E-state index is -0.306. The Hall–Kier alpha value is -4.21. The van der Waals surface area contributed by atoms with Crippen molar-refractivity contribution in [3.8, 4) is 16.9 Å². The van der Waals surface area contributed by atoms with E-state index in [2.05, 4.69) is 31.9 Å². The Balaban J connectivity index is 1.55. The summed E-state index contributed by atoms with van der Waals surface area (Å²) < 4.78 is 7.94. The molecule has 10 heteroatoms. The number of anilines is 1. The second-order valence-electron chi connectivity index (χ2n) is 9.55. The smallest absolute Gasteiger partial charge is 0.350 e. The largest absolute Gasteiger partial charge is 0.489 e. The Kier molecular flexibility index (Phi) is 5.06. The number of amides is 1. The number of ether oxygens (including phenoxy) is 1. The highest BCUT2D eigenvalue weighted by Gasteiger charge is 2.34. The second kappa shape index (κ2) is 8.18. The van der Waals surface area contributed by atoms with Crippen LogP contribution in [0.2, 0.25) is 0 Å². The number of carbonyl (C=O) groups is 1. The molecule has 184 valence electrons. The van der Waals surface area contributed by atoms with Crippen molar-refractivity contribution >= 4 is 33.7 Å². The quantitative estimate of drug-likeness (QED) is 0.444. The van der Waals surface area contributed by atoms with Gasteiger partial charge in [0.15, 0.2) is 5.75 Å². The van der Waals surface area contributed by atoms with E-state index in [9.17, 15) is 9.59 Å². The summed E-state index contributed by atoms with van der Waals surface area (Å²) in [6.45, 7) is 11.6. The molecule has 1 fully saturated rings. The summed E-state index contributed by atoms with van der Waals surface area (Å²) >= 11 is 0. The number of aryl methyl sites for hydroxylation is 1. The number of piperazine rings is 1. The van der Waals surface area contributed by atoms with Crippen molar-refractivity contribution in [2.24, 2.45) is 0 Å². The minimum Gasteiger partial charge on any atom is -0.489 e. The average Bonchev–Trinajstić information content (AvgIpc) is 3.36. The number of nitrogens with zero attached hydrogens (tertiary/aromatic N) is 6. The fraction of sp³-hybridized carbons (Fsp3) is 0.346. The van der Waals surface area contributed by atoms with Gasteiger partial charge in [-0.05, 0) is 50.6 Å². The fourth-order valence-corrected chi connectivity index (χ4v) is 5.53. The van der Waals surface area contributed by atoms with Crippen LogP contribution >= 0.6 is 0 Å². The second-order valence-corrected chi connectivity index (χ2v) is 9.55. The lowest BCUT2D eigenvalue weighted by Crippen LogP contribution is -2.58. The molecule has 0 spiro atoms. The maximum absolute atomic E-state index is 13.3. The van der Waals surface area contributed by atoms with Crippen molar-refractivity contribution in [2.45, 2.75) is 39.4 Å². The first-order valence-corrected chi connectivity index (χ1v) is 12.1. The average molecular weight is 486 g/mol. The highest BCUT2D eigenvalue weighted by Crippen LogP contribution is 2.43. The molecule has 0 radical (unpaired) electrons. The lowest BCUT2D eigenvalue weighted by Gasteiger charge is -2.44. The number of H-pyrrole nitrogens is 1. The van der Waals surface area contributed by atoms with Gasteiger partial charge in [0.2, 0.25) is 5.91 Å². The van der Waals surface area contributed by atoms with E-state index in [4.69, 9.17) is 4.74 Å². The molecule has 10 nitrogen and oxygen atoms in total. The third-order valence-electron chi connectivity index (χ3n) is 7.32. The zero-order valence-corrected chi connectivity index (χ0v) is 20.5. The number of aromatic nitrogens is 5. The molecule has 0 aliphatic carbocycles. The maximum atomic E-state index is 13.3. The Morgan fingerprint density at radius 2 is 2.00 bits per heavy atom. The van der Waals surface area contributed by atoms with Gasteiger partial charge < -0.3 is 14.5 Å². The molecule has 4 aromatic rings. The molecule has 36 heavy (non-hydrogen) atoms. The highest BCUT2D eigenvalue weighted by atomic mass is 16.5. The maximum Gasteiger partial charge on any atom is 0.350 e. The number of carbonyl (C=O) groups excluding carboxylic acids is 1. The summed E-state index contributed by atoms with van der Waals surface area (Å²) in [7, 11) is 0. The lowest BCUT2D eigenvalue weighted by atomic mass is 9.96. The standard InChI is InChI=1S/C26H27N7O3/c1-5-20(34)32-12-16(4)33(13-15(32)3)25-18-8-7-17(21-14(2)6-9-19-22(21)29-30-28-19)24-23(18)31(10-11-36-24)26(35)27-25/h5-9,15-16H,1,10-13H2,2-4H3,(H,28,29,30)/t15-,16+/m1/s1. The minimum absolute atomic E-state index is 0.0332. The number of benzene rings is 2. The zero-order chi connectivity index (χ0) is 25.1. The van der Waals surface area contributed by atoms with Crippen molar-refractivity contribution in [1.82, 2.24) is 29.9 Å². The first-order valence-electron chi connectivity index (χ1n) is 12.1. The highest BCUT2D eigenvalue weighted by molar-refractivity contribution is 6.03. The van der Waals surface area contributed by atoms with E-state index >= 15 is 0 Å². The molecule has 2 aromatic heterocycles. The number of aromatic amines is 1. The summed E-state index contributed by atoms with van der Waals surface area (Å²) in [6, 6.07) is 7.89. The van der Waals surface area contributed by atoms with E-state index in [-0.39, 0.29) is 23.7 Å². The molecule has 0 bridgehead atoms. The van der Waals surface area contributed by atoms with Crippen LogP contribution < -0.4 is 15.3 Å². The van der Waals surface area contributed by atoms with Gasteiger partial charge >= 0.3 is 5.69 Å². The number of hydrogen-bond acceptors (Lipinski definition) is 7. The van der Waals surface area contributed by atoms with Gasteiger partial charge in [0, 0.05) is 41.7 Å². The van der Waals surface area contributed by atoms with Gasteiger partial charge in [0.1, 0.15) is 23.5 Å². The molecule has 0 saturated carbocycles. The molecule has 1 amide bonds. The summed E-state index contributed by atoms with van der Waals surface area (Å²) in [5, 5.41) is 12.2. The number of fused-ring (bicyclic) bond motifs is 1. The van der Waals surface area contributed by atoms with Crippen LogP contribution in [0.1, 0.15) is 19.4 Å². The molecule has 4 heterocycles. The monoisotopic (exact) mass is 485 g/mol. The molecule has 2 atom stereocenters. The topological polar surface area (TPSA) is 109 Å². The van der Waals surface area contributed by atoms with Gasteiger partial charge in [-0.2, -0.15) is 20.4 Å². The summed E-state index contributed by atoms with van der Waals surface area (Å²) in [5.74, 6) is 1.18. The molecule has 2 aliphatic heterocycles. The Bertz CT molecular complexity index is 1600. The molecule has 1 saturated heterocycles. The van der Waals surface area contributed by atoms with Crippen LogP contribution in [0.5, 0.6) is 5.75 Å². The SMILES string of the molecule is C=CC(=O)N1C[C@H](C)N(c2nc(=O)n3c4c(c(-c5c(C)ccc6n[nH]nc56)ccc24)OCC3)C[C@H]1C. The van der Waals surface area contributed by atoms with Gasteiger partial charge in [-0.1, -0.05) is 12.6 Å². The van der Waals surface area contributed by atoms with E-state index in [1.807, 2.05) is 49.9 Å². The van der Waals surface area contributed by atoms with Crippen LogP contribution in [0.3, 0.4) is 0 Å². The third-order valence-corrected chi connectivity index (χ3v) is 7.32. The van der Waals surface area contributed by atoms with E-state index in [1.165, 1.54) is 6.08 Å². The van der Waals surface area contributed by atoms with Gasteiger partial charge in [0.05, 0.1) is 12.1 Å². The Labute approximate surface area is 207 Å². The predicted molar refractivity (Wildman–Crippen MR) is 137 cm³/mol. The third kappa shape index (κ3) is 3.20. The van der Waals surface area contributed by atoms with Crippen LogP contribution in [0.15, 0.2) is 41.7 Å². The van der Waals surface area contributed by atoms with Crippen LogP contribution in [0.4, 0.5) is 5.82 Å². The summed E-state index contributed by atoms with van der Waals surface area (Å²) in [6.07, 6.45) is 1.35. The molecular weight excluding hydrogens is 458 g/mol. The lowest BCUT2D eigenvalue weighted by molar-refractivity contribution is -0.128. The Morgan fingerprint density at radius 1 is 1.17 bits per heavy atom. The van der Waals surface area contributed by atoms with Gasteiger partial charge in [-0.3, -0.25) is 9.36 Å². The number of nitrogens with one attached hydrogen (secondary N) is 1. The van der Waals surface area contributed by atoms with Gasteiger partial charge in [-0.25, -0.2) is 4.79 Å². The molecule has 2 aliphatic rings. The summed E-state index contributed by atoms with van der Waals surface area (Å²) in [4.78, 5) is 34.1. The first kappa shape index (κ1) is 22.3. The first-order chi connectivity index (χ1) is 17.4. The van der Waals surface area contributed by atoms with E-state index in [0.717, 1.165) is 38.6 Å². The van der Waals surface area contributed by atoms with Gasteiger partial charge in [0.25, 0.3) is 0 Å². The van der Waals surface area contributed by atoms with Crippen LogP contribution in [-0.4, -0.2) is 67.5 Å². The van der Waals surface area contributed by atoms with E-state index < -0.39 is 0 Å². The predicted octanol–water partition coefficient (Wildman–Crippen LogP) is 2.65. The fourth-order valence-electron chi connectivity index (χ4n) is 5.53. The molecule has 0 unspecified atom stereocenters. The van der Waals surface area contributed by atoms with E-state index in [0.29, 0.717) is 37.8 Å². The van der Waals surface area contributed by atoms with Gasteiger partial charge in [-0.15, -0.1) is 0 Å². The number of rotatable bonds is 3. The van der Waals surface area contributed by atoms with Crippen molar-refractivity contribution < 1.29 is 9.53 Å². The molecular formula is C26H27N7O3. The van der Waals surface area contributed by atoms with E-state index in [1.54, 1.807) is 4.57 Å². The molecule has 1 N–H and O–H groups in total. The zero-order valence-electron chi connectivity index (χ0n) is 20.5. The normalized spacial score (nSPS) is 19.5. The molecule has 6 rings (SSSR count). The Morgan fingerprint density at radius 3 is 2.81 bits per heavy atom. The molecule has 2 aromatic carbocycles. The summed E-state index contributed by atoms with van der Waals surface area (Å²) in [5.41, 5.74) is 4.78. The van der Waals surface area contributed by atoms with Crippen molar-refractivity contribution in [2.75, 3.05) is 24.6 Å².